The molecule has 0 fully saturated rings. The standard InChI is InChI=1S/C23H26N2O4/c1-23(2)14-17-7-8-18(29-3)12-19(17)20(25-23)13-21(27)15-5-4-6-16(11-15)22(28)24-9-10-26/h4-8,11-13,25-26H,9-10,14H2,1-3H3,(H,24,28). The molecule has 1 aliphatic heterocycles. The normalized spacial score (nSPS) is 15.9. The van der Waals surface area contributed by atoms with Gasteiger partial charge in [0.15, 0.2) is 5.78 Å². The van der Waals surface area contributed by atoms with E-state index in [-0.39, 0.29) is 30.4 Å². The van der Waals surface area contributed by atoms with Crippen LogP contribution in [0.4, 0.5) is 0 Å². The number of carbonyl (C=O) groups is 2. The summed E-state index contributed by atoms with van der Waals surface area (Å²) in [7, 11) is 1.61. The van der Waals surface area contributed by atoms with Crippen LogP contribution in [0.1, 0.15) is 45.7 Å². The van der Waals surface area contributed by atoms with Crippen molar-refractivity contribution in [3.8, 4) is 5.75 Å². The smallest absolute Gasteiger partial charge is 0.251 e. The van der Waals surface area contributed by atoms with Gasteiger partial charge in [0.2, 0.25) is 0 Å². The van der Waals surface area contributed by atoms with Crippen LogP contribution in [-0.2, 0) is 6.42 Å². The van der Waals surface area contributed by atoms with E-state index in [1.54, 1.807) is 37.5 Å². The molecule has 0 aromatic heterocycles. The highest BCUT2D eigenvalue weighted by atomic mass is 16.5. The number of aliphatic hydroxyl groups excluding tert-OH is 1. The van der Waals surface area contributed by atoms with E-state index in [2.05, 4.69) is 24.5 Å². The quantitative estimate of drug-likeness (QED) is 0.518. The van der Waals surface area contributed by atoms with Crippen LogP contribution in [-0.4, -0.2) is 42.6 Å². The van der Waals surface area contributed by atoms with Crippen LogP contribution >= 0.6 is 0 Å². The van der Waals surface area contributed by atoms with Gasteiger partial charge >= 0.3 is 0 Å². The van der Waals surface area contributed by atoms with E-state index < -0.39 is 0 Å². The van der Waals surface area contributed by atoms with Crippen molar-refractivity contribution in [3.05, 3.63) is 70.8 Å². The lowest BCUT2D eigenvalue weighted by Gasteiger charge is -2.35. The highest BCUT2D eigenvalue weighted by Gasteiger charge is 2.28. The van der Waals surface area contributed by atoms with Crippen LogP contribution < -0.4 is 15.4 Å². The molecule has 0 unspecified atom stereocenters. The van der Waals surface area contributed by atoms with Crippen LogP contribution in [0.25, 0.3) is 5.70 Å². The fourth-order valence-electron chi connectivity index (χ4n) is 3.45. The molecule has 152 valence electrons. The molecule has 1 amide bonds. The maximum absolute atomic E-state index is 13.0. The van der Waals surface area contributed by atoms with Crippen molar-refractivity contribution in [2.24, 2.45) is 0 Å². The number of carbonyl (C=O) groups excluding carboxylic acids is 2. The van der Waals surface area contributed by atoms with Gasteiger partial charge in [0.1, 0.15) is 5.75 Å². The second-order valence-electron chi connectivity index (χ2n) is 7.69. The number of ether oxygens (including phenoxy) is 1. The van der Waals surface area contributed by atoms with Gasteiger partial charge in [-0.3, -0.25) is 9.59 Å². The van der Waals surface area contributed by atoms with Crippen molar-refractivity contribution in [1.29, 1.82) is 0 Å². The molecule has 2 aromatic carbocycles. The predicted molar refractivity (Wildman–Crippen MR) is 112 cm³/mol. The Morgan fingerprint density at radius 3 is 2.69 bits per heavy atom. The maximum atomic E-state index is 13.0. The van der Waals surface area contributed by atoms with Crippen LogP contribution in [0, 0.1) is 0 Å². The molecule has 0 saturated heterocycles. The molecule has 0 bridgehead atoms. The molecule has 3 N–H and O–H groups in total. The van der Waals surface area contributed by atoms with Crippen LogP contribution in [0.2, 0.25) is 0 Å². The fourth-order valence-corrected chi connectivity index (χ4v) is 3.45. The monoisotopic (exact) mass is 394 g/mol. The predicted octanol–water partition coefficient (Wildman–Crippen LogP) is 2.57. The summed E-state index contributed by atoms with van der Waals surface area (Å²) in [5.41, 5.74) is 3.42. The van der Waals surface area contributed by atoms with E-state index in [0.717, 1.165) is 29.0 Å². The Morgan fingerprint density at radius 2 is 1.97 bits per heavy atom. The first-order chi connectivity index (χ1) is 13.8. The van der Waals surface area contributed by atoms with Crippen molar-refractivity contribution < 1.29 is 19.4 Å². The number of hydrogen-bond donors (Lipinski definition) is 3. The van der Waals surface area contributed by atoms with Gasteiger partial charge in [-0.1, -0.05) is 18.2 Å². The number of aliphatic hydroxyl groups is 1. The Hall–Kier alpha value is -3.12. The lowest BCUT2D eigenvalue weighted by Crippen LogP contribution is -2.43. The molecule has 0 spiro atoms. The summed E-state index contributed by atoms with van der Waals surface area (Å²) in [5, 5.41) is 14.9. The van der Waals surface area contributed by atoms with Crippen molar-refractivity contribution in [2.45, 2.75) is 25.8 Å². The Bertz CT molecular complexity index is 963. The first kappa shape index (κ1) is 20.6. The molecule has 6 nitrogen and oxygen atoms in total. The van der Waals surface area contributed by atoms with Crippen molar-refractivity contribution in [2.75, 3.05) is 20.3 Å². The lowest BCUT2D eigenvalue weighted by molar-refractivity contribution is 0.0944. The van der Waals surface area contributed by atoms with Crippen molar-refractivity contribution >= 4 is 17.4 Å². The number of hydrogen-bond acceptors (Lipinski definition) is 5. The zero-order valence-electron chi connectivity index (χ0n) is 16.9. The van der Waals surface area contributed by atoms with Crippen molar-refractivity contribution in [1.82, 2.24) is 10.6 Å². The number of nitrogens with one attached hydrogen (secondary N) is 2. The minimum Gasteiger partial charge on any atom is -0.497 e. The van der Waals surface area contributed by atoms with Gasteiger partial charge in [-0.25, -0.2) is 0 Å². The number of methoxy groups -OCH3 is 1. The Morgan fingerprint density at radius 1 is 1.21 bits per heavy atom. The Kier molecular flexibility index (Phi) is 6.03. The first-order valence-electron chi connectivity index (χ1n) is 9.53. The van der Waals surface area contributed by atoms with E-state index in [0.29, 0.717) is 11.1 Å². The minimum absolute atomic E-state index is 0.138. The van der Waals surface area contributed by atoms with E-state index in [1.807, 2.05) is 18.2 Å². The zero-order valence-corrected chi connectivity index (χ0v) is 16.9. The molecule has 3 rings (SSSR count). The van der Waals surface area contributed by atoms with Crippen LogP contribution in [0.3, 0.4) is 0 Å². The molecule has 2 aromatic rings. The number of amides is 1. The second-order valence-corrected chi connectivity index (χ2v) is 7.69. The van der Waals surface area contributed by atoms with Gasteiger partial charge in [-0.2, -0.15) is 0 Å². The number of fused-ring (bicyclic) bond motifs is 1. The molecule has 0 radical (unpaired) electrons. The van der Waals surface area contributed by atoms with E-state index in [9.17, 15) is 9.59 Å². The number of allylic oxidation sites excluding steroid dienone is 1. The molecule has 0 saturated carbocycles. The Labute approximate surface area is 170 Å². The summed E-state index contributed by atoms with van der Waals surface area (Å²) in [4.78, 5) is 25.1. The number of rotatable bonds is 6. The third-order valence-electron chi connectivity index (χ3n) is 4.79. The minimum atomic E-state index is -0.326. The van der Waals surface area contributed by atoms with Gasteiger partial charge in [0, 0.05) is 40.5 Å². The van der Waals surface area contributed by atoms with E-state index in [1.165, 1.54) is 0 Å². The molecule has 0 atom stereocenters. The molecule has 1 heterocycles. The average molecular weight is 394 g/mol. The molecule has 29 heavy (non-hydrogen) atoms. The van der Waals surface area contributed by atoms with E-state index in [4.69, 9.17) is 9.84 Å². The highest BCUT2D eigenvalue weighted by molar-refractivity contribution is 6.10. The molecular formula is C23H26N2O4. The van der Waals surface area contributed by atoms with E-state index >= 15 is 0 Å². The summed E-state index contributed by atoms with van der Waals surface area (Å²) in [6.45, 7) is 4.20. The van der Waals surface area contributed by atoms with Crippen molar-refractivity contribution in [3.63, 3.8) is 0 Å². The lowest BCUT2D eigenvalue weighted by atomic mass is 9.85. The summed E-state index contributed by atoms with van der Waals surface area (Å²) in [5.74, 6) is 0.204. The molecular weight excluding hydrogens is 368 g/mol. The van der Waals surface area contributed by atoms with Gasteiger partial charge in [0.25, 0.3) is 5.91 Å². The van der Waals surface area contributed by atoms with Gasteiger partial charge in [-0.05, 0) is 50.1 Å². The Balaban J connectivity index is 1.94. The fraction of sp³-hybridized carbons (Fsp3) is 0.304. The van der Waals surface area contributed by atoms with Gasteiger partial charge < -0.3 is 20.5 Å². The molecule has 1 aliphatic rings. The van der Waals surface area contributed by atoms with Gasteiger partial charge in [0.05, 0.1) is 13.7 Å². The number of benzene rings is 2. The second kappa shape index (κ2) is 8.49. The van der Waals surface area contributed by atoms with Crippen LogP contribution in [0.5, 0.6) is 5.75 Å². The SMILES string of the molecule is COc1ccc2c(c1)C(=CC(=O)c1cccc(C(=O)NCCO)c1)NC(C)(C)C2. The molecule has 6 heteroatoms. The summed E-state index contributed by atoms with van der Waals surface area (Å²) in [6, 6.07) is 12.4. The largest absolute Gasteiger partial charge is 0.497 e. The maximum Gasteiger partial charge on any atom is 0.251 e. The highest BCUT2D eigenvalue weighted by Crippen LogP contribution is 2.32. The summed E-state index contributed by atoms with van der Waals surface area (Å²) in [6.07, 6.45) is 2.41. The topological polar surface area (TPSA) is 87.7 Å². The number of ketones is 1. The summed E-state index contributed by atoms with van der Waals surface area (Å²) >= 11 is 0. The summed E-state index contributed by atoms with van der Waals surface area (Å²) < 4.78 is 5.34. The first-order valence-corrected chi connectivity index (χ1v) is 9.53. The third kappa shape index (κ3) is 4.84. The zero-order chi connectivity index (χ0) is 21.0. The average Bonchev–Trinajstić information content (AvgIpc) is 2.71. The third-order valence-corrected chi connectivity index (χ3v) is 4.79. The van der Waals surface area contributed by atoms with Crippen LogP contribution in [0.15, 0.2) is 48.5 Å². The molecule has 0 aliphatic carbocycles. The van der Waals surface area contributed by atoms with Gasteiger partial charge in [-0.15, -0.1) is 0 Å².